The Kier molecular flexibility index (Phi) is 3.24. The summed E-state index contributed by atoms with van der Waals surface area (Å²) >= 11 is 3.36. The number of fused-ring (bicyclic) bond motifs is 1. The predicted molar refractivity (Wildman–Crippen MR) is 74.6 cm³/mol. The molecule has 96 valence electrons. The summed E-state index contributed by atoms with van der Waals surface area (Å²) in [6, 6.07) is 1.76. The van der Waals surface area contributed by atoms with E-state index in [1.165, 1.54) is 19.3 Å². The molecule has 2 aliphatic rings. The molecule has 1 fully saturated rings. The summed E-state index contributed by atoms with van der Waals surface area (Å²) in [6.07, 6.45) is 7.79. The fraction of sp³-hybridized carbons (Fsp3) is 0.538. The van der Waals surface area contributed by atoms with Crippen molar-refractivity contribution in [1.82, 2.24) is 4.98 Å². The number of hydrogen-bond acceptors (Lipinski definition) is 3. The summed E-state index contributed by atoms with van der Waals surface area (Å²) in [7, 11) is 0. The molecule has 4 nitrogen and oxygen atoms in total. The van der Waals surface area contributed by atoms with Gasteiger partial charge in [-0.2, -0.15) is 0 Å². The minimum absolute atomic E-state index is 0.0781. The largest absolute Gasteiger partial charge is 0.356 e. The molecule has 0 spiro atoms. The molecule has 1 amide bonds. The van der Waals surface area contributed by atoms with Crippen LogP contribution in [0.2, 0.25) is 0 Å². The Bertz CT molecular complexity index is 471. The molecule has 1 aromatic rings. The van der Waals surface area contributed by atoms with Gasteiger partial charge in [-0.25, -0.2) is 4.98 Å². The first-order valence-electron chi connectivity index (χ1n) is 6.47. The molecule has 0 radical (unpaired) electrons. The first-order chi connectivity index (χ1) is 8.74. The maximum atomic E-state index is 12.2. The van der Waals surface area contributed by atoms with Gasteiger partial charge in [0.05, 0.1) is 5.69 Å². The van der Waals surface area contributed by atoms with Gasteiger partial charge in [0.25, 0.3) is 0 Å². The van der Waals surface area contributed by atoms with E-state index in [9.17, 15) is 4.79 Å². The van der Waals surface area contributed by atoms with Gasteiger partial charge >= 0.3 is 0 Å². The van der Waals surface area contributed by atoms with E-state index < -0.39 is 0 Å². The van der Waals surface area contributed by atoms with Crippen molar-refractivity contribution in [2.75, 3.05) is 10.6 Å². The molecule has 1 aliphatic carbocycles. The molecule has 2 N–H and O–H groups in total. The Labute approximate surface area is 115 Å². The minimum atomic E-state index is -0.119. The van der Waals surface area contributed by atoms with E-state index in [0.717, 1.165) is 28.8 Å². The first kappa shape index (κ1) is 12.0. The lowest BCUT2D eigenvalue weighted by Crippen LogP contribution is -2.45. The van der Waals surface area contributed by atoms with Crippen LogP contribution in [-0.4, -0.2) is 16.9 Å². The van der Waals surface area contributed by atoms with Gasteiger partial charge in [0.15, 0.2) is 5.82 Å². The molecule has 1 saturated carbocycles. The number of amides is 1. The predicted octanol–water partition coefficient (Wildman–Crippen LogP) is 3.16. The lowest BCUT2D eigenvalue weighted by Gasteiger charge is -2.33. The quantitative estimate of drug-likeness (QED) is 0.838. The van der Waals surface area contributed by atoms with Gasteiger partial charge in [0.1, 0.15) is 6.04 Å². The summed E-state index contributed by atoms with van der Waals surface area (Å²) < 4.78 is 0.875. The van der Waals surface area contributed by atoms with E-state index in [1.807, 2.05) is 6.07 Å². The van der Waals surface area contributed by atoms with Gasteiger partial charge in [-0.1, -0.05) is 19.3 Å². The van der Waals surface area contributed by atoms with Crippen LogP contribution in [0.5, 0.6) is 0 Å². The van der Waals surface area contributed by atoms with Crippen LogP contribution in [0.15, 0.2) is 16.7 Å². The van der Waals surface area contributed by atoms with E-state index >= 15 is 0 Å². The normalized spacial score (nSPS) is 24.1. The average molecular weight is 310 g/mol. The van der Waals surface area contributed by atoms with Gasteiger partial charge in [-0.3, -0.25) is 4.79 Å². The molecular weight excluding hydrogens is 294 g/mol. The first-order valence-corrected chi connectivity index (χ1v) is 7.26. The van der Waals surface area contributed by atoms with Gasteiger partial charge < -0.3 is 10.6 Å². The molecule has 1 aromatic heterocycles. The second-order valence-corrected chi connectivity index (χ2v) is 5.97. The van der Waals surface area contributed by atoms with E-state index in [4.69, 9.17) is 0 Å². The van der Waals surface area contributed by atoms with Crippen LogP contribution in [0, 0.1) is 5.92 Å². The van der Waals surface area contributed by atoms with Crippen LogP contribution in [-0.2, 0) is 4.79 Å². The van der Waals surface area contributed by atoms with Crippen molar-refractivity contribution in [2.24, 2.45) is 5.92 Å². The third kappa shape index (κ3) is 2.23. The van der Waals surface area contributed by atoms with E-state index in [0.29, 0.717) is 5.92 Å². The third-order valence-corrected chi connectivity index (χ3v) is 4.24. The Balaban J connectivity index is 1.82. The van der Waals surface area contributed by atoms with E-state index in [2.05, 4.69) is 31.5 Å². The molecule has 1 unspecified atom stereocenters. The average Bonchev–Trinajstić information content (AvgIpc) is 2.39. The maximum absolute atomic E-state index is 12.2. The Morgan fingerprint density at radius 1 is 1.28 bits per heavy atom. The highest BCUT2D eigenvalue weighted by atomic mass is 79.9. The van der Waals surface area contributed by atoms with Crippen molar-refractivity contribution >= 4 is 33.3 Å². The number of hydrogen-bond donors (Lipinski definition) is 2. The van der Waals surface area contributed by atoms with Gasteiger partial charge in [-0.15, -0.1) is 0 Å². The number of pyridine rings is 1. The molecule has 1 aliphatic heterocycles. The summed E-state index contributed by atoms with van der Waals surface area (Å²) in [4.78, 5) is 16.5. The smallest absolute Gasteiger partial charge is 0.247 e. The number of aromatic nitrogens is 1. The fourth-order valence-corrected chi connectivity index (χ4v) is 3.20. The SMILES string of the molecule is O=C1Nc2cc(Br)cnc2NC1C1CCCCC1. The number of anilines is 2. The molecule has 2 heterocycles. The molecular formula is C13H16BrN3O. The Hall–Kier alpha value is -1.10. The molecule has 0 aromatic carbocycles. The molecule has 0 saturated heterocycles. The van der Waals surface area contributed by atoms with Crippen molar-refractivity contribution in [2.45, 2.75) is 38.1 Å². The molecule has 5 heteroatoms. The van der Waals surface area contributed by atoms with Crippen LogP contribution in [0.25, 0.3) is 0 Å². The van der Waals surface area contributed by atoms with Crippen molar-refractivity contribution in [3.8, 4) is 0 Å². The summed E-state index contributed by atoms with van der Waals surface area (Å²) in [5, 5.41) is 6.25. The molecule has 3 rings (SSSR count). The van der Waals surface area contributed by atoms with Crippen LogP contribution >= 0.6 is 15.9 Å². The molecule has 1 atom stereocenters. The second-order valence-electron chi connectivity index (χ2n) is 5.06. The van der Waals surface area contributed by atoms with Gasteiger partial charge in [0, 0.05) is 10.7 Å². The van der Waals surface area contributed by atoms with Crippen LogP contribution in [0.3, 0.4) is 0 Å². The lowest BCUT2D eigenvalue weighted by molar-refractivity contribution is -0.118. The van der Waals surface area contributed by atoms with E-state index in [-0.39, 0.29) is 11.9 Å². The number of halogens is 1. The number of nitrogens with one attached hydrogen (secondary N) is 2. The third-order valence-electron chi connectivity index (χ3n) is 3.81. The minimum Gasteiger partial charge on any atom is -0.356 e. The number of carbonyl (C=O) groups is 1. The zero-order valence-electron chi connectivity index (χ0n) is 10.1. The standard InChI is InChI=1S/C13H16BrN3O/c14-9-6-10-12(15-7-9)17-11(13(18)16-10)8-4-2-1-3-5-8/h6-8,11H,1-5H2,(H,15,17)(H,16,18). The number of nitrogens with zero attached hydrogens (tertiary/aromatic N) is 1. The topological polar surface area (TPSA) is 54.0 Å². The number of rotatable bonds is 1. The highest BCUT2D eigenvalue weighted by molar-refractivity contribution is 9.10. The fourth-order valence-electron chi connectivity index (χ4n) is 2.87. The Morgan fingerprint density at radius 2 is 2.06 bits per heavy atom. The van der Waals surface area contributed by atoms with Crippen LogP contribution in [0.4, 0.5) is 11.5 Å². The number of carbonyl (C=O) groups excluding carboxylic acids is 1. The van der Waals surface area contributed by atoms with Crippen molar-refractivity contribution in [1.29, 1.82) is 0 Å². The van der Waals surface area contributed by atoms with Crippen molar-refractivity contribution in [3.05, 3.63) is 16.7 Å². The summed E-state index contributed by atoms with van der Waals surface area (Å²) in [5.41, 5.74) is 0.765. The summed E-state index contributed by atoms with van der Waals surface area (Å²) in [6.45, 7) is 0. The second kappa shape index (κ2) is 4.88. The summed E-state index contributed by atoms with van der Waals surface area (Å²) in [5.74, 6) is 1.31. The molecule has 18 heavy (non-hydrogen) atoms. The van der Waals surface area contributed by atoms with Gasteiger partial charge in [0.2, 0.25) is 5.91 Å². The Morgan fingerprint density at radius 3 is 2.83 bits per heavy atom. The van der Waals surface area contributed by atoms with E-state index in [1.54, 1.807) is 6.20 Å². The van der Waals surface area contributed by atoms with Crippen LogP contribution < -0.4 is 10.6 Å². The van der Waals surface area contributed by atoms with Gasteiger partial charge in [-0.05, 0) is 40.8 Å². The zero-order chi connectivity index (χ0) is 12.5. The zero-order valence-corrected chi connectivity index (χ0v) is 11.7. The maximum Gasteiger partial charge on any atom is 0.247 e. The lowest BCUT2D eigenvalue weighted by atomic mass is 9.83. The van der Waals surface area contributed by atoms with Crippen LogP contribution in [0.1, 0.15) is 32.1 Å². The van der Waals surface area contributed by atoms with Crippen molar-refractivity contribution < 1.29 is 4.79 Å². The molecule has 0 bridgehead atoms. The highest BCUT2D eigenvalue weighted by Crippen LogP contribution is 2.33. The highest BCUT2D eigenvalue weighted by Gasteiger charge is 2.33. The van der Waals surface area contributed by atoms with Crippen molar-refractivity contribution in [3.63, 3.8) is 0 Å². The monoisotopic (exact) mass is 309 g/mol.